The quantitative estimate of drug-likeness (QED) is 0.278. The van der Waals surface area contributed by atoms with E-state index in [1.165, 1.54) is 11.3 Å². The molecule has 0 aliphatic heterocycles. The Hall–Kier alpha value is -4.28. The van der Waals surface area contributed by atoms with Crippen LogP contribution in [0.4, 0.5) is 4.39 Å². The van der Waals surface area contributed by atoms with E-state index in [1.807, 2.05) is 49.3 Å². The van der Waals surface area contributed by atoms with Crippen molar-refractivity contribution < 1.29 is 9.18 Å². The number of hydrogen-bond acceptors (Lipinski definition) is 7. The molecule has 0 aliphatic rings. The number of imidazole rings is 1. The van der Waals surface area contributed by atoms with Crippen LogP contribution in [0, 0.1) is 5.82 Å². The van der Waals surface area contributed by atoms with E-state index in [-0.39, 0.29) is 5.78 Å². The molecular formula is C27H22FN7OS. The fraction of sp³-hybridized carbons (Fsp3) is 0.148. The van der Waals surface area contributed by atoms with Gasteiger partial charge in [0.2, 0.25) is 0 Å². The van der Waals surface area contributed by atoms with Gasteiger partial charge in [0.25, 0.3) is 0 Å². The van der Waals surface area contributed by atoms with Crippen LogP contribution in [0.15, 0.2) is 55.0 Å². The molecule has 6 aromatic rings. The number of ketones is 1. The molecule has 0 fully saturated rings. The number of Topliss-reactive ketones (excluding diaryl/α,β-unsaturated/α-hetero) is 1. The summed E-state index contributed by atoms with van der Waals surface area (Å²) in [5.41, 5.74) is 5.10. The van der Waals surface area contributed by atoms with E-state index in [0.29, 0.717) is 56.1 Å². The molecule has 10 heteroatoms. The number of fused-ring (bicyclic) bond motifs is 2. The Bertz CT molecular complexity index is 1800. The van der Waals surface area contributed by atoms with Gasteiger partial charge in [0.15, 0.2) is 17.3 Å². The number of nitrogens with zero attached hydrogens (tertiary/aromatic N) is 5. The summed E-state index contributed by atoms with van der Waals surface area (Å²) in [7, 11) is 3.96. The Balaban J connectivity index is 1.47. The van der Waals surface area contributed by atoms with Crippen molar-refractivity contribution >= 4 is 39.2 Å². The Morgan fingerprint density at radius 1 is 1.11 bits per heavy atom. The van der Waals surface area contributed by atoms with Crippen molar-refractivity contribution in [3.63, 3.8) is 0 Å². The number of carbonyl (C=O) groups excluding carboxylic acids is 1. The van der Waals surface area contributed by atoms with Gasteiger partial charge in [-0.1, -0.05) is 0 Å². The molecule has 0 spiro atoms. The molecule has 1 aromatic carbocycles. The summed E-state index contributed by atoms with van der Waals surface area (Å²) in [5, 5.41) is 7.65. The third-order valence-electron chi connectivity index (χ3n) is 6.11. The Morgan fingerprint density at radius 3 is 2.76 bits per heavy atom. The van der Waals surface area contributed by atoms with Crippen LogP contribution in [-0.4, -0.2) is 54.9 Å². The first-order valence-corrected chi connectivity index (χ1v) is 12.4. The average Bonchev–Trinajstić information content (AvgIpc) is 3.61. The van der Waals surface area contributed by atoms with E-state index in [4.69, 9.17) is 0 Å². The molecule has 0 aliphatic carbocycles. The predicted molar refractivity (Wildman–Crippen MR) is 143 cm³/mol. The lowest BCUT2D eigenvalue weighted by Crippen LogP contribution is -2.10. The van der Waals surface area contributed by atoms with Crippen molar-refractivity contribution in [1.82, 2.24) is 35.0 Å². The zero-order chi connectivity index (χ0) is 25.7. The number of aromatic nitrogens is 6. The second-order valence-electron chi connectivity index (χ2n) is 9.10. The minimum atomic E-state index is -0.400. The summed E-state index contributed by atoms with van der Waals surface area (Å²) in [4.78, 5) is 32.1. The number of pyridine rings is 2. The molecule has 0 radical (unpaired) electrons. The largest absolute Gasteiger partial charge is 0.335 e. The van der Waals surface area contributed by atoms with Gasteiger partial charge in [0, 0.05) is 46.7 Å². The zero-order valence-corrected chi connectivity index (χ0v) is 21.2. The minimum absolute atomic E-state index is 0.0172. The van der Waals surface area contributed by atoms with Gasteiger partial charge in [-0.2, -0.15) is 5.10 Å². The first-order chi connectivity index (χ1) is 17.9. The number of benzene rings is 1. The van der Waals surface area contributed by atoms with Crippen molar-refractivity contribution in [2.75, 3.05) is 14.1 Å². The van der Waals surface area contributed by atoms with Gasteiger partial charge >= 0.3 is 0 Å². The van der Waals surface area contributed by atoms with Gasteiger partial charge in [0.1, 0.15) is 11.5 Å². The number of rotatable bonds is 6. The monoisotopic (exact) mass is 511 g/mol. The topological polar surface area (TPSA) is 103 Å². The number of carbonyl (C=O) groups is 1. The molecule has 184 valence electrons. The van der Waals surface area contributed by atoms with Gasteiger partial charge in [-0.15, -0.1) is 11.3 Å². The highest BCUT2D eigenvalue weighted by Gasteiger charge is 2.21. The molecule has 5 aromatic heterocycles. The summed E-state index contributed by atoms with van der Waals surface area (Å²) in [6, 6.07) is 11.1. The highest BCUT2D eigenvalue weighted by molar-refractivity contribution is 7.17. The molecule has 8 nitrogen and oxygen atoms in total. The third-order valence-corrected chi connectivity index (χ3v) is 7.33. The van der Waals surface area contributed by atoms with Crippen LogP contribution in [0.3, 0.4) is 0 Å². The Morgan fingerprint density at radius 2 is 1.97 bits per heavy atom. The lowest BCUT2D eigenvalue weighted by atomic mass is 10.0. The summed E-state index contributed by atoms with van der Waals surface area (Å²) in [6.07, 6.45) is 5.12. The van der Waals surface area contributed by atoms with E-state index < -0.39 is 5.82 Å². The average molecular weight is 512 g/mol. The molecule has 5 heterocycles. The predicted octanol–water partition coefficient (Wildman–Crippen LogP) is 5.70. The standard InChI is InChI=1S/C27H22FN7OS/c1-14(36)20-6-7-21(37-20)18-8-9-30-26-24(18)31-27(32-26)25-22-19(33-34-25)5-4-17(23(22)28)16-10-15(11-29-12-16)13-35(2)3/h4-12H,13H2,1-3H3,(H,33,34)(H,30,31,32). The maximum Gasteiger partial charge on any atom is 0.178 e. The van der Waals surface area contributed by atoms with Crippen LogP contribution in [0.1, 0.15) is 22.2 Å². The van der Waals surface area contributed by atoms with Crippen LogP contribution in [0.25, 0.3) is 55.2 Å². The van der Waals surface area contributed by atoms with Crippen molar-refractivity contribution in [3.05, 3.63) is 71.2 Å². The van der Waals surface area contributed by atoms with Gasteiger partial charge in [-0.05, 0) is 63.0 Å². The summed E-state index contributed by atoms with van der Waals surface area (Å²) in [5.74, 6) is 0.0201. The number of halogens is 1. The van der Waals surface area contributed by atoms with E-state index >= 15 is 4.39 Å². The number of nitrogens with one attached hydrogen (secondary N) is 2. The van der Waals surface area contributed by atoms with E-state index in [0.717, 1.165) is 16.0 Å². The molecule has 0 unspecified atom stereocenters. The fourth-order valence-electron chi connectivity index (χ4n) is 4.45. The minimum Gasteiger partial charge on any atom is -0.335 e. The highest BCUT2D eigenvalue weighted by Crippen LogP contribution is 2.36. The van der Waals surface area contributed by atoms with Crippen molar-refractivity contribution in [3.8, 4) is 33.1 Å². The van der Waals surface area contributed by atoms with Gasteiger partial charge in [-0.25, -0.2) is 14.4 Å². The Kier molecular flexibility index (Phi) is 5.62. The number of hydrogen-bond donors (Lipinski definition) is 2. The van der Waals surface area contributed by atoms with Gasteiger partial charge in [-0.3, -0.25) is 14.9 Å². The first-order valence-electron chi connectivity index (χ1n) is 11.6. The highest BCUT2D eigenvalue weighted by atomic mass is 32.1. The molecule has 0 saturated heterocycles. The first kappa shape index (κ1) is 23.1. The number of thiophene rings is 1. The van der Waals surface area contributed by atoms with Crippen molar-refractivity contribution in [2.24, 2.45) is 0 Å². The number of aromatic amines is 2. The second-order valence-corrected chi connectivity index (χ2v) is 10.2. The second kappa shape index (κ2) is 8.99. The summed E-state index contributed by atoms with van der Waals surface area (Å²) in [6.45, 7) is 2.25. The Labute approximate surface area is 215 Å². The van der Waals surface area contributed by atoms with Crippen LogP contribution < -0.4 is 0 Å². The SMILES string of the molecule is CC(=O)c1ccc(-c2ccnc3nc(-c4n[nH]c5ccc(-c6cncc(CN(C)C)c6)c(F)c45)[nH]c23)s1. The molecule has 2 N–H and O–H groups in total. The summed E-state index contributed by atoms with van der Waals surface area (Å²) >= 11 is 1.41. The molecular weight excluding hydrogens is 489 g/mol. The lowest BCUT2D eigenvalue weighted by Gasteiger charge is -2.11. The molecule has 6 rings (SSSR count). The molecule has 0 amide bonds. The van der Waals surface area contributed by atoms with E-state index in [2.05, 4.69) is 30.1 Å². The van der Waals surface area contributed by atoms with E-state index in [9.17, 15) is 4.79 Å². The van der Waals surface area contributed by atoms with Crippen LogP contribution >= 0.6 is 11.3 Å². The van der Waals surface area contributed by atoms with Crippen LogP contribution in [-0.2, 0) is 6.54 Å². The smallest absolute Gasteiger partial charge is 0.178 e. The lowest BCUT2D eigenvalue weighted by molar-refractivity contribution is 0.102. The third kappa shape index (κ3) is 4.09. The zero-order valence-electron chi connectivity index (χ0n) is 20.3. The maximum absolute atomic E-state index is 16.0. The molecule has 0 atom stereocenters. The molecule has 0 saturated carbocycles. The maximum atomic E-state index is 16.0. The summed E-state index contributed by atoms with van der Waals surface area (Å²) < 4.78 is 16.0. The van der Waals surface area contributed by atoms with Gasteiger partial charge < -0.3 is 9.88 Å². The van der Waals surface area contributed by atoms with Crippen molar-refractivity contribution in [2.45, 2.75) is 13.5 Å². The molecule has 0 bridgehead atoms. The van der Waals surface area contributed by atoms with Gasteiger partial charge in [0.05, 0.1) is 21.3 Å². The number of H-pyrrole nitrogens is 2. The normalized spacial score (nSPS) is 11.7. The van der Waals surface area contributed by atoms with Crippen molar-refractivity contribution in [1.29, 1.82) is 0 Å². The van der Waals surface area contributed by atoms with Crippen LogP contribution in [0.2, 0.25) is 0 Å². The molecule has 37 heavy (non-hydrogen) atoms. The van der Waals surface area contributed by atoms with E-state index in [1.54, 1.807) is 31.6 Å². The fourth-order valence-corrected chi connectivity index (χ4v) is 5.39. The van der Waals surface area contributed by atoms with Crippen LogP contribution in [0.5, 0.6) is 0 Å².